The first kappa shape index (κ1) is 23.0. The second-order valence-electron chi connectivity index (χ2n) is 7.28. The molecular formula is C24H24F2N4O2. The quantitative estimate of drug-likeness (QED) is 0.481. The van der Waals surface area contributed by atoms with Crippen LogP contribution < -0.4 is 10.9 Å². The van der Waals surface area contributed by atoms with Crippen molar-refractivity contribution in [2.75, 3.05) is 11.9 Å². The Labute approximate surface area is 184 Å². The number of para-hydroxylation sites is 1. The predicted octanol–water partition coefficient (Wildman–Crippen LogP) is 4.46. The van der Waals surface area contributed by atoms with Crippen molar-refractivity contribution in [3.05, 3.63) is 82.1 Å². The number of hydrogen-bond acceptors (Lipinski definition) is 5. The van der Waals surface area contributed by atoms with E-state index < -0.39 is 11.4 Å². The van der Waals surface area contributed by atoms with E-state index in [0.29, 0.717) is 22.2 Å². The molecule has 0 radical (unpaired) electrons. The average molecular weight is 438 g/mol. The van der Waals surface area contributed by atoms with Gasteiger partial charge in [-0.25, -0.2) is 13.8 Å². The highest BCUT2D eigenvalue weighted by atomic mass is 19.1. The van der Waals surface area contributed by atoms with Crippen LogP contribution in [0, 0.1) is 18.6 Å². The van der Waals surface area contributed by atoms with Gasteiger partial charge in [0.15, 0.2) is 5.65 Å². The number of fused-ring (bicyclic) bond motifs is 1. The molecule has 4 rings (SSSR count). The normalized spacial score (nSPS) is 11.8. The predicted molar refractivity (Wildman–Crippen MR) is 122 cm³/mol. The van der Waals surface area contributed by atoms with Crippen LogP contribution in [0.15, 0.2) is 59.4 Å². The summed E-state index contributed by atoms with van der Waals surface area (Å²) in [4.78, 5) is 21.8. The van der Waals surface area contributed by atoms with Gasteiger partial charge in [0.05, 0.1) is 18.0 Å². The number of aryl methyl sites for hydroxylation is 1. The van der Waals surface area contributed by atoms with E-state index in [1.165, 1.54) is 41.0 Å². The molecule has 166 valence electrons. The fourth-order valence-corrected chi connectivity index (χ4v) is 3.41. The van der Waals surface area contributed by atoms with Crippen LogP contribution in [0.3, 0.4) is 0 Å². The zero-order chi connectivity index (χ0) is 22.1. The molecular weight excluding hydrogens is 414 g/mol. The fraction of sp³-hybridized carbons (Fsp3) is 0.208. The number of pyridine rings is 1. The molecule has 6 nitrogen and oxygen atoms in total. The lowest BCUT2D eigenvalue weighted by molar-refractivity contribution is 0.281. The minimum Gasteiger partial charge on any atom is -0.394 e. The van der Waals surface area contributed by atoms with Crippen LogP contribution in [0.5, 0.6) is 0 Å². The van der Waals surface area contributed by atoms with Crippen LogP contribution in [0.2, 0.25) is 0 Å². The van der Waals surface area contributed by atoms with Gasteiger partial charge >= 0.3 is 0 Å². The van der Waals surface area contributed by atoms with Gasteiger partial charge in [-0.05, 0) is 55.8 Å². The van der Waals surface area contributed by atoms with Crippen molar-refractivity contribution in [2.24, 2.45) is 0 Å². The molecule has 0 aliphatic rings. The highest BCUT2D eigenvalue weighted by molar-refractivity contribution is 5.93. The molecule has 0 aliphatic heterocycles. The fourth-order valence-electron chi connectivity index (χ4n) is 3.41. The van der Waals surface area contributed by atoms with Gasteiger partial charge in [0.1, 0.15) is 11.6 Å². The maximum Gasteiger partial charge on any atom is 0.256 e. The highest BCUT2D eigenvalue weighted by Gasteiger charge is 2.18. The molecule has 2 aromatic heterocycles. The van der Waals surface area contributed by atoms with Gasteiger partial charge < -0.3 is 10.4 Å². The van der Waals surface area contributed by atoms with Gasteiger partial charge in [-0.3, -0.25) is 9.36 Å². The lowest BCUT2D eigenvalue weighted by Crippen LogP contribution is -2.23. The number of nitrogens with one attached hydrogen (secondary N) is 1. The molecule has 0 saturated heterocycles. The van der Waals surface area contributed by atoms with Crippen LogP contribution >= 0.6 is 0 Å². The van der Waals surface area contributed by atoms with Crippen molar-refractivity contribution in [1.29, 1.82) is 0 Å². The third-order valence-corrected chi connectivity index (χ3v) is 4.94. The number of rotatable bonds is 5. The highest BCUT2D eigenvalue weighted by Crippen LogP contribution is 2.30. The SMILES string of the molecule is C.Cc1cc(F)ccc1-c1nc(N[C@H](C)CO)nc2c1ccc(=O)n2-c1ccccc1F. The van der Waals surface area contributed by atoms with Crippen molar-refractivity contribution in [3.63, 3.8) is 0 Å². The van der Waals surface area contributed by atoms with E-state index in [9.17, 15) is 18.7 Å². The molecule has 0 saturated carbocycles. The van der Waals surface area contributed by atoms with Gasteiger partial charge in [-0.2, -0.15) is 4.98 Å². The van der Waals surface area contributed by atoms with Crippen molar-refractivity contribution in [1.82, 2.24) is 14.5 Å². The first-order valence-electron chi connectivity index (χ1n) is 9.71. The Balaban J connectivity index is 0.00000289. The smallest absolute Gasteiger partial charge is 0.256 e. The summed E-state index contributed by atoms with van der Waals surface area (Å²) in [5, 5.41) is 12.9. The standard InChI is InChI=1S/C23H20F2N4O2.CH4/c1-13-11-15(24)7-8-16(13)21-17-9-10-20(31)29(19-6-4-3-5-18(19)25)22(17)28-23(27-21)26-14(2)12-30;/h3-11,14,30H,12H2,1-2H3,(H,26,27,28);1H4/t14-;/m1./s1. The zero-order valence-electron chi connectivity index (χ0n) is 16.9. The Kier molecular flexibility index (Phi) is 6.64. The Morgan fingerprint density at radius 3 is 2.53 bits per heavy atom. The van der Waals surface area contributed by atoms with Crippen LogP contribution in [-0.4, -0.2) is 32.3 Å². The third-order valence-electron chi connectivity index (χ3n) is 4.94. The number of aliphatic hydroxyl groups is 1. The molecule has 0 unspecified atom stereocenters. The first-order chi connectivity index (χ1) is 14.9. The second kappa shape index (κ2) is 9.23. The van der Waals surface area contributed by atoms with Gasteiger partial charge in [-0.1, -0.05) is 19.6 Å². The summed E-state index contributed by atoms with van der Waals surface area (Å²) >= 11 is 0. The number of hydrogen-bond donors (Lipinski definition) is 2. The minimum atomic E-state index is -0.575. The molecule has 1 atom stereocenters. The molecule has 4 aromatic rings. The minimum absolute atomic E-state index is 0. The van der Waals surface area contributed by atoms with Crippen LogP contribution in [-0.2, 0) is 0 Å². The summed E-state index contributed by atoms with van der Waals surface area (Å²) in [5.74, 6) is -0.799. The van der Waals surface area contributed by atoms with Crippen molar-refractivity contribution in [2.45, 2.75) is 27.3 Å². The molecule has 0 bridgehead atoms. The number of benzene rings is 2. The maximum atomic E-state index is 14.6. The average Bonchev–Trinajstić information content (AvgIpc) is 2.74. The Hall–Kier alpha value is -3.65. The maximum absolute atomic E-state index is 14.6. The van der Waals surface area contributed by atoms with E-state index in [2.05, 4.69) is 15.3 Å². The van der Waals surface area contributed by atoms with E-state index in [-0.39, 0.29) is 43.2 Å². The lowest BCUT2D eigenvalue weighted by atomic mass is 10.0. The number of aromatic nitrogens is 3. The molecule has 32 heavy (non-hydrogen) atoms. The topological polar surface area (TPSA) is 80.0 Å². The lowest BCUT2D eigenvalue weighted by Gasteiger charge is -2.17. The summed E-state index contributed by atoms with van der Waals surface area (Å²) in [6.45, 7) is 3.33. The summed E-state index contributed by atoms with van der Waals surface area (Å²) in [7, 11) is 0. The van der Waals surface area contributed by atoms with E-state index in [1.807, 2.05) is 0 Å². The van der Waals surface area contributed by atoms with E-state index >= 15 is 0 Å². The van der Waals surface area contributed by atoms with Crippen molar-refractivity contribution < 1.29 is 13.9 Å². The second-order valence-corrected chi connectivity index (χ2v) is 7.28. The monoisotopic (exact) mass is 438 g/mol. The summed E-state index contributed by atoms with van der Waals surface area (Å²) in [6.07, 6.45) is 0. The molecule has 2 aromatic carbocycles. The Bertz CT molecular complexity index is 1340. The van der Waals surface area contributed by atoms with E-state index in [4.69, 9.17) is 0 Å². The first-order valence-corrected chi connectivity index (χ1v) is 9.71. The molecule has 2 N–H and O–H groups in total. The largest absolute Gasteiger partial charge is 0.394 e. The molecule has 0 fully saturated rings. The summed E-state index contributed by atoms with van der Waals surface area (Å²) in [5.41, 5.74) is 1.54. The van der Waals surface area contributed by atoms with E-state index in [1.54, 1.807) is 32.0 Å². The summed E-state index contributed by atoms with van der Waals surface area (Å²) < 4.78 is 29.5. The molecule has 8 heteroatoms. The summed E-state index contributed by atoms with van der Waals surface area (Å²) in [6, 6.07) is 12.8. The third kappa shape index (κ3) is 4.22. The Morgan fingerprint density at radius 2 is 1.84 bits per heavy atom. The molecule has 0 spiro atoms. The van der Waals surface area contributed by atoms with Gasteiger partial charge in [0.25, 0.3) is 5.56 Å². The van der Waals surface area contributed by atoms with Crippen LogP contribution in [0.1, 0.15) is 19.9 Å². The van der Waals surface area contributed by atoms with Crippen molar-refractivity contribution in [3.8, 4) is 16.9 Å². The number of halogens is 2. The Morgan fingerprint density at radius 1 is 1.09 bits per heavy atom. The van der Waals surface area contributed by atoms with E-state index in [0.717, 1.165) is 0 Å². The van der Waals surface area contributed by atoms with Crippen molar-refractivity contribution >= 4 is 17.0 Å². The van der Waals surface area contributed by atoms with Gasteiger partial charge in [0, 0.05) is 23.1 Å². The van der Waals surface area contributed by atoms with Crippen LogP contribution in [0.25, 0.3) is 28.0 Å². The zero-order valence-corrected chi connectivity index (χ0v) is 16.9. The number of aliphatic hydroxyl groups excluding tert-OH is 1. The van der Waals surface area contributed by atoms with Gasteiger partial charge in [-0.15, -0.1) is 0 Å². The number of anilines is 1. The molecule has 0 amide bonds. The van der Waals surface area contributed by atoms with Crippen LogP contribution in [0.4, 0.5) is 14.7 Å². The van der Waals surface area contributed by atoms with Gasteiger partial charge in [0.2, 0.25) is 5.95 Å². The number of nitrogens with zero attached hydrogens (tertiary/aromatic N) is 3. The molecule has 2 heterocycles. The molecule has 0 aliphatic carbocycles.